The van der Waals surface area contributed by atoms with E-state index >= 15 is 0 Å². The molecule has 146 valence electrons. The van der Waals surface area contributed by atoms with Gasteiger partial charge in [-0.3, -0.25) is 4.79 Å². The first-order chi connectivity index (χ1) is 12.1. The molecule has 0 N–H and O–H groups in total. The molecule has 1 aliphatic rings. The molecule has 1 saturated carbocycles. The number of nitrogens with zero attached hydrogens (tertiary/aromatic N) is 1. The van der Waals surface area contributed by atoms with Crippen molar-refractivity contribution in [1.29, 1.82) is 5.26 Å². The molecular formula is C22H37NO2Si. The fraction of sp³-hybridized carbons (Fsp3) is 0.818. The Labute approximate surface area is 162 Å². The van der Waals surface area contributed by atoms with Crippen LogP contribution < -0.4 is 0 Å². The van der Waals surface area contributed by atoms with Gasteiger partial charge in [0.1, 0.15) is 5.78 Å². The molecule has 4 heteroatoms. The standard InChI is InChI=1S/C22H37NO2Si/c1-7-8-14-19-18(15-12-10-9-11-13-16-23)20(24)17-21(19)25-26(5,6)22(2,3)4/h18-19,21H,7-9,11,13-15,17H2,1-6H3/t18-,19-,21-/m1/s1. The van der Waals surface area contributed by atoms with Crippen LogP contribution in [0.15, 0.2) is 0 Å². The smallest absolute Gasteiger partial charge is 0.192 e. The Balaban J connectivity index is 2.81. The third-order valence-electron chi connectivity index (χ3n) is 5.99. The van der Waals surface area contributed by atoms with Gasteiger partial charge in [0.2, 0.25) is 0 Å². The third kappa shape index (κ3) is 6.56. The first-order valence-electron chi connectivity index (χ1n) is 10.2. The number of rotatable bonds is 8. The van der Waals surface area contributed by atoms with E-state index in [2.05, 4.69) is 58.7 Å². The summed E-state index contributed by atoms with van der Waals surface area (Å²) in [6, 6.07) is 2.14. The van der Waals surface area contributed by atoms with Crippen LogP contribution in [0.4, 0.5) is 0 Å². The van der Waals surface area contributed by atoms with Crippen molar-refractivity contribution >= 4 is 14.1 Å². The number of Topliss-reactive ketones (excluding diaryl/α,β-unsaturated/α-hetero) is 1. The van der Waals surface area contributed by atoms with Crippen LogP contribution in [-0.2, 0) is 9.22 Å². The summed E-state index contributed by atoms with van der Waals surface area (Å²) < 4.78 is 6.67. The molecule has 0 radical (unpaired) electrons. The van der Waals surface area contributed by atoms with Crippen LogP contribution in [0.3, 0.4) is 0 Å². The zero-order valence-corrected chi connectivity index (χ0v) is 18.7. The molecule has 0 spiro atoms. The summed E-state index contributed by atoms with van der Waals surface area (Å²) in [4.78, 5) is 12.7. The number of nitriles is 1. The second-order valence-corrected chi connectivity index (χ2v) is 13.8. The van der Waals surface area contributed by atoms with Crippen LogP contribution in [0.1, 0.15) is 79.1 Å². The molecule has 0 amide bonds. The lowest BCUT2D eigenvalue weighted by molar-refractivity contribution is -0.121. The number of hydrogen-bond acceptors (Lipinski definition) is 3. The van der Waals surface area contributed by atoms with Crippen molar-refractivity contribution in [2.24, 2.45) is 11.8 Å². The number of ketones is 1. The maximum atomic E-state index is 12.7. The highest BCUT2D eigenvalue weighted by Gasteiger charge is 2.47. The summed E-state index contributed by atoms with van der Waals surface area (Å²) in [5.41, 5.74) is 0. The Kier molecular flexibility index (Phi) is 9.08. The average Bonchev–Trinajstić information content (AvgIpc) is 2.82. The summed E-state index contributed by atoms with van der Waals surface area (Å²) in [5.74, 6) is 7.03. The second-order valence-electron chi connectivity index (χ2n) is 9.07. The average molecular weight is 376 g/mol. The number of carbonyl (C=O) groups excluding carboxylic acids is 1. The lowest BCUT2D eigenvalue weighted by atomic mass is 9.87. The molecule has 0 saturated heterocycles. The molecule has 26 heavy (non-hydrogen) atoms. The van der Waals surface area contributed by atoms with Crippen molar-refractivity contribution in [3.05, 3.63) is 0 Å². The largest absolute Gasteiger partial charge is 0.413 e. The Hall–Kier alpha value is -1.10. The molecule has 0 unspecified atom stereocenters. The van der Waals surface area contributed by atoms with Crippen LogP contribution in [0, 0.1) is 35.0 Å². The Bertz CT molecular complexity index is 559. The van der Waals surface area contributed by atoms with Crippen molar-refractivity contribution in [3.8, 4) is 17.9 Å². The van der Waals surface area contributed by atoms with E-state index in [1.165, 1.54) is 0 Å². The number of hydrogen-bond donors (Lipinski definition) is 0. The molecule has 0 aromatic rings. The zero-order chi connectivity index (χ0) is 19.8. The van der Waals surface area contributed by atoms with Crippen LogP contribution in [0.5, 0.6) is 0 Å². The Morgan fingerprint density at radius 3 is 2.46 bits per heavy atom. The minimum Gasteiger partial charge on any atom is -0.413 e. The van der Waals surface area contributed by atoms with E-state index in [4.69, 9.17) is 9.69 Å². The molecule has 0 bridgehead atoms. The van der Waals surface area contributed by atoms with Gasteiger partial charge in [-0.2, -0.15) is 5.26 Å². The van der Waals surface area contributed by atoms with Crippen LogP contribution in [0.2, 0.25) is 18.1 Å². The fourth-order valence-electron chi connectivity index (χ4n) is 3.30. The number of unbranched alkanes of at least 4 members (excludes halogenated alkanes) is 3. The van der Waals surface area contributed by atoms with Gasteiger partial charge in [0.15, 0.2) is 8.32 Å². The van der Waals surface area contributed by atoms with E-state index < -0.39 is 8.32 Å². The minimum absolute atomic E-state index is 0.0276. The lowest BCUT2D eigenvalue weighted by Gasteiger charge is -2.40. The topological polar surface area (TPSA) is 50.1 Å². The summed E-state index contributed by atoms with van der Waals surface area (Å²) >= 11 is 0. The van der Waals surface area contributed by atoms with Crippen molar-refractivity contribution in [2.45, 2.75) is 103 Å². The molecule has 0 aromatic heterocycles. The third-order valence-corrected chi connectivity index (χ3v) is 10.5. The van der Waals surface area contributed by atoms with Crippen LogP contribution in [0.25, 0.3) is 0 Å². The molecule has 1 aliphatic carbocycles. The van der Waals surface area contributed by atoms with E-state index in [1.54, 1.807) is 0 Å². The van der Waals surface area contributed by atoms with Gasteiger partial charge < -0.3 is 4.43 Å². The van der Waals surface area contributed by atoms with Gasteiger partial charge in [-0.15, -0.1) is 11.8 Å². The van der Waals surface area contributed by atoms with Gasteiger partial charge in [0, 0.05) is 31.6 Å². The number of carbonyl (C=O) groups is 1. The molecule has 3 atom stereocenters. The van der Waals surface area contributed by atoms with E-state index in [9.17, 15) is 4.79 Å². The highest BCUT2D eigenvalue weighted by atomic mass is 28.4. The van der Waals surface area contributed by atoms with Gasteiger partial charge >= 0.3 is 0 Å². The maximum absolute atomic E-state index is 12.7. The highest BCUT2D eigenvalue weighted by Crippen LogP contribution is 2.43. The van der Waals surface area contributed by atoms with Crippen molar-refractivity contribution < 1.29 is 9.22 Å². The molecule has 0 heterocycles. The second kappa shape index (κ2) is 10.3. The monoisotopic (exact) mass is 375 g/mol. The summed E-state index contributed by atoms with van der Waals surface area (Å²) in [6.07, 6.45) is 6.74. The summed E-state index contributed by atoms with van der Waals surface area (Å²) in [7, 11) is -1.88. The Morgan fingerprint density at radius 1 is 1.19 bits per heavy atom. The van der Waals surface area contributed by atoms with Crippen LogP contribution >= 0.6 is 0 Å². The first-order valence-corrected chi connectivity index (χ1v) is 13.1. The molecule has 0 aromatic carbocycles. The highest BCUT2D eigenvalue weighted by molar-refractivity contribution is 6.74. The zero-order valence-electron chi connectivity index (χ0n) is 17.7. The van der Waals surface area contributed by atoms with Crippen LogP contribution in [-0.4, -0.2) is 20.2 Å². The molecule has 0 aliphatic heterocycles. The summed E-state index contributed by atoms with van der Waals surface area (Å²) in [5, 5.41) is 8.73. The quantitative estimate of drug-likeness (QED) is 0.303. The van der Waals surface area contributed by atoms with Gasteiger partial charge in [-0.1, -0.05) is 40.5 Å². The summed E-state index contributed by atoms with van der Waals surface area (Å²) in [6.45, 7) is 13.5. The predicted molar refractivity (Wildman–Crippen MR) is 110 cm³/mol. The van der Waals surface area contributed by atoms with E-state index in [1.807, 2.05) is 0 Å². The van der Waals surface area contributed by atoms with Crippen molar-refractivity contribution in [1.82, 2.24) is 0 Å². The molecule has 1 rings (SSSR count). The maximum Gasteiger partial charge on any atom is 0.192 e. The van der Waals surface area contributed by atoms with E-state index in [0.29, 0.717) is 31.0 Å². The first kappa shape index (κ1) is 22.9. The SMILES string of the molecule is CCCC[C@H]1[C@H](O[Si](C)(C)C(C)(C)C)CC(=O)[C@@H]1CC#CCCCC#N. The fourth-order valence-corrected chi connectivity index (χ4v) is 4.67. The minimum atomic E-state index is -1.88. The van der Waals surface area contributed by atoms with E-state index in [-0.39, 0.29) is 17.1 Å². The molecule has 1 fully saturated rings. The van der Waals surface area contributed by atoms with Gasteiger partial charge in [0.25, 0.3) is 0 Å². The normalized spacial score (nSPS) is 23.4. The molecular weight excluding hydrogens is 338 g/mol. The van der Waals surface area contributed by atoms with Gasteiger partial charge in [-0.05, 0) is 36.9 Å². The van der Waals surface area contributed by atoms with Gasteiger partial charge in [0.05, 0.1) is 12.2 Å². The van der Waals surface area contributed by atoms with E-state index in [0.717, 1.165) is 32.1 Å². The van der Waals surface area contributed by atoms with Crippen molar-refractivity contribution in [3.63, 3.8) is 0 Å². The molecule has 3 nitrogen and oxygen atoms in total. The lowest BCUT2D eigenvalue weighted by Crippen LogP contribution is -2.45. The van der Waals surface area contributed by atoms with Crippen molar-refractivity contribution in [2.75, 3.05) is 0 Å². The van der Waals surface area contributed by atoms with Gasteiger partial charge in [-0.25, -0.2) is 0 Å². The predicted octanol–water partition coefficient (Wildman–Crippen LogP) is 5.86. The Morgan fingerprint density at radius 2 is 1.88 bits per heavy atom.